The number of carbonyl (C=O) groups excluding carboxylic acids is 1. The quantitative estimate of drug-likeness (QED) is 0.682. The number of hydrogen-bond acceptors (Lipinski definition) is 2. The minimum atomic E-state index is -0.0151. The molecule has 1 unspecified atom stereocenters. The lowest BCUT2D eigenvalue weighted by molar-refractivity contribution is -0.127. The van der Waals surface area contributed by atoms with Crippen molar-refractivity contribution in [3.63, 3.8) is 0 Å². The smallest absolute Gasteiger partial charge is 0.223 e. The average molecular weight is 383 g/mol. The largest absolute Gasteiger partial charge is 0.381 e. The molecule has 1 amide bonds. The van der Waals surface area contributed by atoms with Gasteiger partial charge in [0.2, 0.25) is 5.91 Å². The molecule has 0 radical (unpaired) electrons. The first-order valence-corrected chi connectivity index (χ1v) is 9.77. The van der Waals surface area contributed by atoms with Gasteiger partial charge in [0.1, 0.15) is 0 Å². The number of rotatable bonds is 5. The maximum atomic E-state index is 12.6. The highest BCUT2D eigenvalue weighted by molar-refractivity contribution is 6.31. The van der Waals surface area contributed by atoms with Gasteiger partial charge in [-0.25, -0.2) is 0 Å². The molecule has 1 aliphatic rings. The molecule has 0 bridgehead atoms. The van der Waals surface area contributed by atoms with Crippen molar-refractivity contribution in [3.8, 4) is 0 Å². The molecule has 0 aliphatic carbocycles. The summed E-state index contributed by atoms with van der Waals surface area (Å²) < 4.78 is 5.37. The third kappa shape index (κ3) is 3.87. The highest BCUT2D eigenvalue weighted by Gasteiger charge is 2.25. The van der Waals surface area contributed by atoms with E-state index in [1.165, 1.54) is 0 Å². The first-order chi connectivity index (χ1) is 13.2. The van der Waals surface area contributed by atoms with Crippen molar-refractivity contribution in [2.45, 2.75) is 18.8 Å². The second kappa shape index (κ2) is 8.15. The number of hydrogen-bond donors (Lipinski definition) is 2. The van der Waals surface area contributed by atoms with E-state index < -0.39 is 0 Å². The summed E-state index contributed by atoms with van der Waals surface area (Å²) in [7, 11) is 0. The maximum Gasteiger partial charge on any atom is 0.223 e. The summed E-state index contributed by atoms with van der Waals surface area (Å²) in [6, 6.07) is 16.1. The fourth-order valence-electron chi connectivity index (χ4n) is 3.83. The molecule has 1 fully saturated rings. The summed E-state index contributed by atoms with van der Waals surface area (Å²) in [5.41, 5.74) is 3.25. The summed E-state index contributed by atoms with van der Waals surface area (Å²) in [5.74, 6) is 0.127. The van der Waals surface area contributed by atoms with Crippen LogP contribution in [0, 0.1) is 5.92 Å². The number of aromatic nitrogens is 1. The van der Waals surface area contributed by atoms with Gasteiger partial charge in [-0.3, -0.25) is 4.79 Å². The molecular weight excluding hydrogens is 360 g/mol. The predicted octanol–water partition coefficient (Wildman–Crippen LogP) is 4.50. The van der Waals surface area contributed by atoms with Crippen LogP contribution in [0.5, 0.6) is 0 Å². The molecule has 2 aromatic carbocycles. The lowest BCUT2D eigenvalue weighted by Gasteiger charge is -2.24. The second-order valence-electron chi connectivity index (χ2n) is 7.00. The molecule has 27 heavy (non-hydrogen) atoms. The summed E-state index contributed by atoms with van der Waals surface area (Å²) in [6.07, 6.45) is 3.60. The molecule has 5 heteroatoms. The molecule has 140 valence electrons. The lowest BCUT2D eigenvalue weighted by Crippen LogP contribution is -2.36. The van der Waals surface area contributed by atoms with E-state index in [4.69, 9.17) is 16.3 Å². The molecule has 1 aromatic heterocycles. The highest BCUT2D eigenvalue weighted by atomic mass is 35.5. The minimum Gasteiger partial charge on any atom is -0.381 e. The molecule has 3 aromatic rings. The van der Waals surface area contributed by atoms with Gasteiger partial charge in [-0.15, -0.1) is 0 Å². The van der Waals surface area contributed by atoms with E-state index in [0.29, 0.717) is 24.8 Å². The molecule has 4 nitrogen and oxygen atoms in total. The molecule has 0 saturated carbocycles. The number of ether oxygens (including phenoxy) is 1. The van der Waals surface area contributed by atoms with Crippen molar-refractivity contribution < 1.29 is 9.53 Å². The predicted molar refractivity (Wildman–Crippen MR) is 108 cm³/mol. The standard InChI is InChI=1S/C22H23ClN2O2/c23-20-7-3-1-5-16(20)18(14-25-22(26)15-9-11-27-12-10-15)19-13-24-21-8-4-2-6-17(19)21/h1-8,13,15,18,24H,9-12,14H2,(H,25,26). The number of carbonyl (C=O) groups is 1. The van der Waals surface area contributed by atoms with Crippen molar-refractivity contribution in [1.82, 2.24) is 10.3 Å². The number of H-pyrrole nitrogens is 1. The van der Waals surface area contributed by atoms with Crippen molar-refractivity contribution in [3.05, 3.63) is 70.9 Å². The summed E-state index contributed by atoms with van der Waals surface area (Å²) in [6.45, 7) is 1.84. The number of fused-ring (bicyclic) bond motifs is 1. The Morgan fingerprint density at radius 2 is 1.85 bits per heavy atom. The van der Waals surface area contributed by atoms with Crippen molar-refractivity contribution in [1.29, 1.82) is 0 Å². The Labute approximate surface area is 163 Å². The number of amides is 1. The number of halogens is 1. The van der Waals surface area contributed by atoms with E-state index >= 15 is 0 Å². The summed E-state index contributed by atoms with van der Waals surface area (Å²) in [4.78, 5) is 16.0. The van der Waals surface area contributed by atoms with Crippen LogP contribution in [0.4, 0.5) is 0 Å². The molecule has 1 saturated heterocycles. The molecule has 1 atom stereocenters. The highest BCUT2D eigenvalue weighted by Crippen LogP contribution is 2.34. The lowest BCUT2D eigenvalue weighted by atomic mass is 9.90. The van der Waals surface area contributed by atoms with Gasteiger partial charge in [0.05, 0.1) is 0 Å². The van der Waals surface area contributed by atoms with Gasteiger partial charge in [-0.05, 0) is 36.1 Å². The zero-order valence-corrected chi connectivity index (χ0v) is 15.8. The van der Waals surface area contributed by atoms with Gasteiger partial charge in [0, 0.05) is 53.7 Å². The van der Waals surface area contributed by atoms with Gasteiger partial charge in [0.25, 0.3) is 0 Å². The van der Waals surface area contributed by atoms with E-state index in [-0.39, 0.29) is 17.7 Å². The zero-order valence-electron chi connectivity index (χ0n) is 15.1. The van der Waals surface area contributed by atoms with E-state index in [0.717, 1.165) is 34.9 Å². The summed E-state index contributed by atoms with van der Waals surface area (Å²) in [5, 5.41) is 5.04. The van der Waals surface area contributed by atoms with Crippen molar-refractivity contribution in [2.24, 2.45) is 5.92 Å². The number of aromatic amines is 1. The average Bonchev–Trinajstić information content (AvgIpc) is 3.14. The maximum absolute atomic E-state index is 12.6. The molecule has 2 N–H and O–H groups in total. The monoisotopic (exact) mass is 382 g/mol. The number of para-hydroxylation sites is 1. The number of benzene rings is 2. The van der Waals surface area contributed by atoms with Crippen molar-refractivity contribution in [2.75, 3.05) is 19.8 Å². The van der Waals surface area contributed by atoms with E-state index in [2.05, 4.69) is 22.4 Å². The van der Waals surface area contributed by atoms with Crippen LogP contribution in [-0.4, -0.2) is 30.6 Å². The fourth-order valence-corrected chi connectivity index (χ4v) is 4.10. The van der Waals surface area contributed by atoms with Crippen LogP contribution in [0.1, 0.15) is 29.9 Å². The fraction of sp³-hybridized carbons (Fsp3) is 0.318. The first-order valence-electron chi connectivity index (χ1n) is 9.40. The van der Waals surface area contributed by atoms with Crippen LogP contribution in [-0.2, 0) is 9.53 Å². The topological polar surface area (TPSA) is 54.1 Å². The normalized spacial score (nSPS) is 16.3. The van der Waals surface area contributed by atoms with E-state index in [1.54, 1.807) is 0 Å². The minimum absolute atomic E-state index is 0.0151. The Morgan fingerprint density at radius 1 is 1.11 bits per heavy atom. The van der Waals surface area contributed by atoms with E-state index in [1.807, 2.05) is 42.6 Å². The second-order valence-corrected chi connectivity index (χ2v) is 7.40. The molecule has 0 spiro atoms. The SMILES string of the molecule is O=C(NCC(c1ccccc1Cl)c1c[nH]c2ccccc12)C1CCOCC1. The Morgan fingerprint density at radius 3 is 2.67 bits per heavy atom. The van der Waals surface area contributed by atoms with Gasteiger partial charge in [-0.2, -0.15) is 0 Å². The Kier molecular flexibility index (Phi) is 5.46. The van der Waals surface area contributed by atoms with Crippen LogP contribution in [0.25, 0.3) is 10.9 Å². The molecule has 1 aliphatic heterocycles. The Balaban J connectivity index is 1.62. The number of nitrogens with one attached hydrogen (secondary N) is 2. The van der Waals surface area contributed by atoms with Crippen molar-refractivity contribution >= 4 is 28.4 Å². The van der Waals surface area contributed by atoms with Gasteiger partial charge >= 0.3 is 0 Å². The summed E-state index contributed by atoms with van der Waals surface area (Å²) >= 11 is 6.51. The first kappa shape index (κ1) is 18.1. The Hall–Kier alpha value is -2.30. The van der Waals surface area contributed by atoms with Crippen LogP contribution >= 0.6 is 11.6 Å². The Bertz CT molecular complexity index is 931. The van der Waals surface area contributed by atoms with Crippen LogP contribution < -0.4 is 5.32 Å². The third-order valence-corrected chi connectivity index (χ3v) is 5.69. The molecular formula is C22H23ClN2O2. The van der Waals surface area contributed by atoms with Crippen LogP contribution in [0.3, 0.4) is 0 Å². The van der Waals surface area contributed by atoms with Gasteiger partial charge in [0.15, 0.2) is 0 Å². The van der Waals surface area contributed by atoms with Gasteiger partial charge < -0.3 is 15.0 Å². The van der Waals surface area contributed by atoms with Crippen LogP contribution in [0.2, 0.25) is 5.02 Å². The molecule has 2 heterocycles. The molecule has 4 rings (SSSR count). The zero-order chi connectivity index (χ0) is 18.6. The third-order valence-electron chi connectivity index (χ3n) is 5.35. The van der Waals surface area contributed by atoms with E-state index in [9.17, 15) is 4.79 Å². The van der Waals surface area contributed by atoms with Gasteiger partial charge in [-0.1, -0.05) is 48.0 Å². The van der Waals surface area contributed by atoms with Crippen LogP contribution in [0.15, 0.2) is 54.7 Å².